The van der Waals surface area contributed by atoms with Gasteiger partial charge < -0.3 is 10.4 Å². The molecule has 0 radical (unpaired) electrons. The van der Waals surface area contributed by atoms with Gasteiger partial charge in [0.15, 0.2) is 0 Å². The first-order valence-electron chi connectivity index (χ1n) is 7.24. The fourth-order valence-electron chi connectivity index (χ4n) is 2.12. The minimum atomic E-state index is -0.155. The normalized spacial score (nSPS) is 11.8. The Morgan fingerprint density at radius 2 is 1.65 bits per heavy atom. The number of benzene rings is 2. The second-order valence-corrected chi connectivity index (χ2v) is 6.27. The number of hydrogen-bond donors (Lipinski definition) is 1. The van der Waals surface area contributed by atoms with Crippen LogP contribution in [0.1, 0.15) is 24.5 Å². The van der Waals surface area contributed by atoms with Gasteiger partial charge in [0, 0.05) is 22.2 Å². The Morgan fingerprint density at radius 3 is 2.22 bits per heavy atom. The van der Waals surface area contributed by atoms with Gasteiger partial charge in [0.05, 0.1) is 0 Å². The van der Waals surface area contributed by atoms with Crippen molar-refractivity contribution in [2.45, 2.75) is 13.3 Å². The molecule has 2 aromatic rings. The van der Waals surface area contributed by atoms with E-state index in [1.807, 2.05) is 25.1 Å². The molecule has 0 heterocycles. The van der Waals surface area contributed by atoms with Crippen LogP contribution in [0.15, 0.2) is 48.5 Å². The molecule has 0 saturated heterocycles. The van der Waals surface area contributed by atoms with E-state index in [2.05, 4.69) is 5.32 Å². The molecule has 0 aliphatic rings. The van der Waals surface area contributed by atoms with Crippen molar-refractivity contribution in [1.82, 2.24) is 5.32 Å². The van der Waals surface area contributed by atoms with Gasteiger partial charge in [-0.3, -0.25) is 0 Å². The van der Waals surface area contributed by atoms with Crippen molar-refractivity contribution < 1.29 is 5.11 Å². The van der Waals surface area contributed by atoms with Crippen LogP contribution in [0.3, 0.4) is 0 Å². The molecule has 120 valence electrons. The smallest absolute Gasteiger partial charge is 0.106 e. The summed E-state index contributed by atoms with van der Waals surface area (Å²) >= 11 is 17.6. The van der Waals surface area contributed by atoms with Gasteiger partial charge in [-0.2, -0.15) is 0 Å². The highest BCUT2D eigenvalue weighted by molar-refractivity contribution is 7.81. The molecule has 0 aliphatic heterocycles. The molecule has 0 amide bonds. The molecule has 0 saturated carbocycles. The predicted molar refractivity (Wildman–Crippen MR) is 101 cm³/mol. The van der Waals surface area contributed by atoms with Gasteiger partial charge in [-0.1, -0.05) is 78.4 Å². The van der Waals surface area contributed by atoms with Crippen molar-refractivity contribution in [1.29, 1.82) is 0 Å². The number of thiocarbonyl (C=S) groups is 1. The van der Waals surface area contributed by atoms with Crippen molar-refractivity contribution in [3.05, 3.63) is 69.7 Å². The lowest BCUT2D eigenvalue weighted by atomic mass is 10.0. The van der Waals surface area contributed by atoms with Crippen LogP contribution < -0.4 is 10.4 Å². The summed E-state index contributed by atoms with van der Waals surface area (Å²) in [5.41, 5.74) is 1.59. The van der Waals surface area contributed by atoms with Crippen LogP contribution in [0, 0.1) is 0 Å². The SMILES string of the molecule is CCCNC(=S)/C(=C(\[O-])c1ccccc1)c1cc(Cl)cc(Cl)c1. The third-order valence-electron chi connectivity index (χ3n) is 3.18. The largest absolute Gasteiger partial charge is 0.872 e. The second-order valence-electron chi connectivity index (χ2n) is 4.98. The first kappa shape index (κ1) is 17.8. The van der Waals surface area contributed by atoms with E-state index in [0.29, 0.717) is 38.3 Å². The summed E-state index contributed by atoms with van der Waals surface area (Å²) in [6.45, 7) is 2.73. The lowest BCUT2D eigenvalue weighted by molar-refractivity contribution is -0.242. The third kappa shape index (κ3) is 4.71. The van der Waals surface area contributed by atoms with Gasteiger partial charge in [-0.25, -0.2) is 0 Å². The van der Waals surface area contributed by atoms with Crippen LogP contribution in [-0.2, 0) is 0 Å². The number of nitrogens with one attached hydrogen (secondary N) is 1. The van der Waals surface area contributed by atoms with E-state index in [-0.39, 0.29) is 5.76 Å². The van der Waals surface area contributed by atoms with Crippen LogP contribution in [-0.4, -0.2) is 11.5 Å². The molecule has 0 aromatic heterocycles. The van der Waals surface area contributed by atoms with E-state index in [0.717, 1.165) is 6.42 Å². The van der Waals surface area contributed by atoms with E-state index in [4.69, 9.17) is 35.4 Å². The van der Waals surface area contributed by atoms with Crippen LogP contribution in [0.4, 0.5) is 0 Å². The van der Waals surface area contributed by atoms with Crippen LogP contribution in [0.2, 0.25) is 10.0 Å². The van der Waals surface area contributed by atoms with Crippen molar-refractivity contribution >= 4 is 51.7 Å². The average molecular weight is 365 g/mol. The number of rotatable bonds is 5. The van der Waals surface area contributed by atoms with Crippen molar-refractivity contribution in [3.8, 4) is 0 Å². The molecule has 2 nitrogen and oxygen atoms in total. The highest BCUT2D eigenvalue weighted by Gasteiger charge is 2.12. The Hall–Kier alpha value is -1.55. The molecule has 0 spiro atoms. The highest BCUT2D eigenvalue weighted by Crippen LogP contribution is 2.28. The summed E-state index contributed by atoms with van der Waals surface area (Å²) in [4.78, 5) is 0.402. The Balaban J connectivity index is 2.58. The summed E-state index contributed by atoms with van der Waals surface area (Å²) in [6.07, 6.45) is 0.906. The second kappa shape index (κ2) is 8.34. The van der Waals surface area contributed by atoms with Gasteiger partial charge in [-0.15, -0.1) is 0 Å². The van der Waals surface area contributed by atoms with Crippen molar-refractivity contribution in [2.75, 3.05) is 6.54 Å². The molecule has 0 unspecified atom stereocenters. The van der Waals surface area contributed by atoms with E-state index in [1.165, 1.54) is 0 Å². The summed E-state index contributed by atoms with van der Waals surface area (Å²) < 4.78 is 0. The standard InChI is InChI=1S/C18H17Cl2NOS/c1-2-8-21-18(23)16(13-9-14(19)11-15(20)10-13)17(22)12-6-4-3-5-7-12/h3-7,9-11,22H,2,8H2,1H3,(H,21,23)/p-1/b17-16-. The summed E-state index contributed by atoms with van der Waals surface area (Å²) in [7, 11) is 0. The molecule has 1 N–H and O–H groups in total. The Labute approximate surface area is 151 Å². The Kier molecular flexibility index (Phi) is 6.46. The zero-order valence-corrected chi connectivity index (χ0v) is 14.9. The lowest BCUT2D eigenvalue weighted by Gasteiger charge is -2.22. The molecular weight excluding hydrogens is 349 g/mol. The minimum absolute atomic E-state index is 0.155. The van der Waals surface area contributed by atoms with Crippen molar-refractivity contribution in [2.24, 2.45) is 0 Å². The molecule has 5 heteroatoms. The quantitative estimate of drug-likeness (QED) is 0.365. The average Bonchev–Trinajstić information content (AvgIpc) is 2.53. The minimum Gasteiger partial charge on any atom is -0.872 e. The third-order valence-corrected chi connectivity index (χ3v) is 3.96. The van der Waals surface area contributed by atoms with Crippen molar-refractivity contribution in [3.63, 3.8) is 0 Å². The van der Waals surface area contributed by atoms with E-state index >= 15 is 0 Å². The fourth-order valence-corrected chi connectivity index (χ4v) is 2.96. The molecule has 0 fully saturated rings. The Bertz CT molecular complexity index is 709. The van der Waals surface area contributed by atoms with Gasteiger partial charge in [0.1, 0.15) is 4.99 Å². The zero-order valence-electron chi connectivity index (χ0n) is 12.6. The van der Waals surface area contributed by atoms with Gasteiger partial charge >= 0.3 is 0 Å². The molecule has 0 bridgehead atoms. The highest BCUT2D eigenvalue weighted by atomic mass is 35.5. The molecule has 2 rings (SSSR count). The van der Waals surface area contributed by atoms with Crippen LogP contribution in [0.25, 0.3) is 11.3 Å². The fraction of sp³-hybridized carbons (Fsp3) is 0.167. The first-order chi connectivity index (χ1) is 11.0. The topological polar surface area (TPSA) is 35.1 Å². The lowest BCUT2D eigenvalue weighted by Crippen LogP contribution is -2.25. The molecule has 2 aromatic carbocycles. The summed E-state index contributed by atoms with van der Waals surface area (Å²) in [6, 6.07) is 14.0. The summed E-state index contributed by atoms with van der Waals surface area (Å²) in [5, 5.41) is 17.0. The van der Waals surface area contributed by atoms with Crippen LogP contribution >= 0.6 is 35.4 Å². The number of halogens is 2. The Morgan fingerprint density at radius 1 is 1.04 bits per heavy atom. The van der Waals surface area contributed by atoms with E-state index in [9.17, 15) is 5.11 Å². The van der Waals surface area contributed by atoms with Gasteiger partial charge in [-0.05, 0) is 35.7 Å². The summed E-state index contributed by atoms with van der Waals surface area (Å²) in [5.74, 6) is -0.155. The van der Waals surface area contributed by atoms with Gasteiger partial charge in [0.25, 0.3) is 0 Å². The first-order valence-corrected chi connectivity index (χ1v) is 8.40. The maximum Gasteiger partial charge on any atom is 0.106 e. The van der Waals surface area contributed by atoms with Crippen LogP contribution in [0.5, 0.6) is 0 Å². The zero-order chi connectivity index (χ0) is 16.8. The van der Waals surface area contributed by atoms with E-state index < -0.39 is 0 Å². The molecule has 0 atom stereocenters. The van der Waals surface area contributed by atoms with Gasteiger partial charge in [0.2, 0.25) is 0 Å². The van der Waals surface area contributed by atoms with E-state index in [1.54, 1.807) is 30.3 Å². The maximum atomic E-state index is 12.9. The monoisotopic (exact) mass is 364 g/mol. The molecule has 23 heavy (non-hydrogen) atoms. The molecular formula is C18H16Cl2NOS-. The number of hydrogen-bond acceptors (Lipinski definition) is 2. The maximum absolute atomic E-state index is 12.9. The molecule has 0 aliphatic carbocycles. The predicted octanol–water partition coefficient (Wildman–Crippen LogP) is 4.55.